The maximum Gasteiger partial charge on any atom is 0.235 e. The predicted octanol–water partition coefficient (Wildman–Crippen LogP) is 1.71. The molecule has 1 atom stereocenters. The van der Waals surface area contributed by atoms with E-state index >= 15 is 0 Å². The summed E-state index contributed by atoms with van der Waals surface area (Å²) < 4.78 is 5.14. The van der Waals surface area contributed by atoms with Crippen molar-refractivity contribution >= 4 is 17.4 Å². The molecule has 0 heterocycles. The minimum Gasteiger partial charge on any atom is -0.496 e. The molecule has 0 aliphatic heterocycles. The van der Waals surface area contributed by atoms with E-state index in [-0.39, 0.29) is 11.7 Å². The van der Waals surface area contributed by atoms with Crippen LogP contribution >= 0.6 is 0 Å². The molecule has 0 aliphatic rings. The molecule has 1 aromatic rings. The summed E-state index contributed by atoms with van der Waals surface area (Å²) in [6.07, 6.45) is 0.455. The molecule has 1 amide bonds. The fourth-order valence-corrected chi connectivity index (χ4v) is 1.78. The summed E-state index contributed by atoms with van der Waals surface area (Å²) >= 11 is 0. The molecule has 0 saturated heterocycles. The van der Waals surface area contributed by atoms with Gasteiger partial charge >= 0.3 is 0 Å². The summed E-state index contributed by atoms with van der Waals surface area (Å²) in [6.45, 7) is 3.68. The summed E-state index contributed by atoms with van der Waals surface area (Å²) in [4.78, 5) is 12.0. The molecule has 4 N–H and O–H groups in total. The molecule has 0 radical (unpaired) electrons. The average molecular weight is 265 g/mol. The van der Waals surface area contributed by atoms with Gasteiger partial charge in [0, 0.05) is 5.69 Å². The van der Waals surface area contributed by atoms with E-state index in [2.05, 4.69) is 10.5 Å². The highest BCUT2D eigenvalue weighted by atomic mass is 16.5. The summed E-state index contributed by atoms with van der Waals surface area (Å²) in [5.41, 5.74) is 7.04. The predicted molar refractivity (Wildman–Crippen MR) is 73.6 cm³/mol. The van der Waals surface area contributed by atoms with Crippen molar-refractivity contribution in [3.63, 3.8) is 0 Å². The second-order valence-corrected chi connectivity index (χ2v) is 4.16. The Labute approximate surface area is 112 Å². The number of anilines is 1. The van der Waals surface area contributed by atoms with Crippen LogP contribution < -0.4 is 15.8 Å². The molecule has 104 valence electrons. The first kappa shape index (κ1) is 14.8. The lowest BCUT2D eigenvalue weighted by atomic mass is 10.0. The molecule has 0 bridgehead atoms. The second kappa shape index (κ2) is 6.63. The Hall–Kier alpha value is -2.24. The SMILES string of the molecule is CCC(C(=O)Nc1ccc(OC)c(C)c1)C(N)=NO. The van der Waals surface area contributed by atoms with Crippen LogP contribution in [0.3, 0.4) is 0 Å². The Morgan fingerprint density at radius 2 is 2.26 bits per heavy atom. The fraction of sp³-hybridized carbons (Fsp3) is 0.385. The smallest absolute Gasteiger partial charge is 0.235 e. The molecule has 19 heavy (non-hydrogen) atoms. The van der Waals surface area contributed by atoms with Crippen molar-refractivity contribution in [1.29, 1.82) is 0 Å². The van der Waals surface area contributed by atoms with Crippen molar-refractivity contribution in [2.24, 2.45) is 16.8 Å². The van der Waals surface area contributed by atoms with Crippen LogP contribution in [0.1, 0.15) is 18.9 Å². The number of nitrogens with zero attached hydrogens (tertiary/aromatic N) is 1. The van der Waals surface area contributed by atoms with E-state index in [9.17, 15) is 4.79 Å². The molecule has 1 rings (SSSR count). The first-order chi connectivity index (χ1) is 9.03. The Morgan fingerprint density at radius 1 is 1.58 bits per heavy atom. The fourth-order valence-electron chi connectivity index (χ4n) is 1.78. The monoisotopic (exact) mass is 265 g/mol. The van der Waals surface area contributed by atoms with Crippen LogP contribution in [0.15, 0.2) is 23.4 Å². The number of hydrogen-bond acceptors (Lipinski definition) is 4. The van der Waals surface area contributed by atoms with Crippen LogP contribution in [0.4, 0.5) is 5.69 Å². The number of amides is 1. The lowest BCUT2D eigenvalue weighted by Crippen LogP contribution is -2.34. The number of benzene rings is 1. The first-order valence-electron chi connectivity index (χ1n) is 5.96. The number of nitrogens with two attached hydrogens (primary N) is 1. The Kier molecular flexibility index (Phi) is 5.17. The zero-order valence-electron chi connectivity index (χ0n) is 11.3. The number of carbonyl (C=O) groups excluding carboxylic acids is 1. The van der Waals surface area contributed by atoms with E-state index < -0.39 is 5.92 Å². The number of nitrogens with one attached hydrogen (secondary N) is 1. The summed E-state index contributed by atoms with van der Waals surface area (Å²) in [5.74, 6) is -0.290. The van der Waals surface area contributed by atoms with Gasteiger partial charge in [0.05, 0.1) is 13.0 Å². The van der Waals surface area contributed by atoms with Crippen LogP contribution in [0.25, 0.3) is 0 Å². The number of hydrogen-bond donors (Lipinski definition) is 3. The highest BCUT2D eigenvalue weighted by Gasteiger charge is 2.21. The van der Waals surface area contributed by atoms with E-state index in [0.29, 0.717) is 12.1 Å². The molecule has 1 aromatic carbocycles. The Bertz CT molecular complexity index is 486. The number of carbonyl (C=O) groups is 1. The Balaban J connectivity index is 2.84. The second-order valence-electron chi connectivity index (χ2n) is 4.16. The van der Waals surface area contributed by atoms with Gasteiger partial charge in [-0.1, -0.05) is 12.1 Å². The van der Waals surface area contributed by atoms with E-state index in [1.54, 1.807) is 32.2 Å². The van der Waals surface area contributed by atoms with Gasteiger partial charge in [-0.2, -0.15) is 0 Å². The van der Waals surface area contributed by atoms with Crippen molar-refractivity contribution in [2.45, 2.75) is 20.3 Å². The largest absolute Gasteiger partial charge is 0.496 e. The molecule has 0 aromatic heterocycles. The molecule has 0 fully saturated rings. The minimum absolute atomic E-state index is 0.0924. The Morgan fingerprint density at radius 3 is 2.74 bits per heavy atom. The van der Waals surface area contributed by atoms with E-state index in [1.807, 2.05) is 6.92 Å². The summed E-state index contributed by atoms with van der Waals surface area (Å²) in [6, 6.07) is 5.31. The van der Waals surface area contributed by atoms with Crippen molar-refractivity contribution in [1.82, 2.24) is 0 Å². The molecule has 6 nitrogen and oxygen atoms in total. The normalized spacial score (nSPS) is 12.9. The van der Waals surface area contributed by atoms with Gasteiger partial charge < -0.3 is 21.0 Å². The van der Waals surface area contributed by atoms with E-state index in [0.717, 1.165) is 11.3 Å². The van der Waals surface area contributed by atoms with Gasteiger partial charge in [-0.15, -0.1) is 0 Å². The number of oxime groups is 1. The standard InChI is InChI=1S/C13H19N3O3/c1-4-10(12(14)16-18)13(17)15-9-5-6-11(19-3)8(2)7-9/h5-7,10,18H,4H2,1-3H3,(H2,14,16)(H,15,17). The maximum absolute atomic E-state index is 12.0. The number of methoxy groups -OCH3 is 1. The van der Waals surface area contributed by atoms with Crippen LogP contribution in [-0.4, -0.2) is 24.1 Å². The average Bonchev–Trinajstić information content (AvgIpc) is 2.39. The zero-order chi connectivity index (χ0) is 14.4. The van der Waals surface area contributed by atoms with E-state index in [4.69, 9.17) is 15.7 Å². The number of amidine groups is 1. The van der Waals surface area contributed by atoms with Gasteiger partial charge in [-0.05, 0) is 37.1 Å². The first-order valence-corrected chi connectivity index (χ1v) is 5.96. The highest BCUT2D eigenvalue weighted by Crippen LogP contribution is 2.22. The quantitative estimate of drug-likeness (QED) is 0.327. The third-order valence-corrected chi connectivity index (χ3v) is 2.86. The van der Waals surface area contributed by atoms with Crippen molar-refractivity contribution < 1.29 is 14.7 Å². The molecular formula is C13H19N3O3. The van der Waals surface area contributed by atoms with Crippen molar-refractivity contribution in [3.8, 4) is 5.75 Å². The van der Waals surface area contributed by atoms with Crippen LogP contribution in [0, 0.1) is 12.8 Å². The van der Waals surface area contributed by atoms with E-state index in [1.165, 1.54) is 0 Å². The van der Waals surface area contributed by atoms with Gasteiger partial charge in [-0.3, -0.25) is 4.79 Å². The van der Waals surface area contributed by atoms with Gasteiger partial charge in [-0.25, -0.2) is 0 Å². The molecule has 0 aliphatic carbocycles. The summed E-state index contributed by atoms with van der Waals surface area (Å²) in [7, 11) is 1.59. The lowest BCUT2D eigenvalue weighted by Gasteiger charge is -2.14. The number of rotatable bonds is 5. The third kappa shape index (κ3) is 3.61. The summed E-state index contributed by atoms with van der Waals surface area (Å²) in [5, 5.41) is 14.2. The van der Waals surface area contributed by atoms with Crippen LogP contribution in [-0.2, 0) is 4.79 Å². The molecule has 6 heteroatoms. The lowest BCUT2D eigenvalue weighted by molar-refractivity contribution is -0.118. The zero-order valence-corrected chi connectivity index (χ0v) is 11.3. The van der Waals surface area contributed by atoms with Gasteiger partial charge in [0.25, 0.3) is 0 Å². The molecule has 0 saturated carbocycles. The topological polar surface area (TPSA) is 96.9 Å². The molecule has 0 spiro atoms. The maximum atomic E-state index is 12.0. The van der Waals surface area contributed by atoms with Gasteiger partial charge in [0.1, 0.15) is 5.75 Å². The van der Waals surface area contributed by atoms with Gasteiger partial charge in [0.15, 0.2) is 5.84 Å². The molecular weight excluding hydrogens is 246 g/mol. The minimum atomic E-state index is -0.646. The number of ether oxygens (including phenoxy) is 1. The van der Waals surface area contributed by atoms with Gasteiger partial charge in [0.2, 0.25) is 5.91 Å². The third-order valence-electron chi connectivity index (χ3n) is 2.86. The highest BCUT2D eigenvalue weighted by molar-refractivity contribution is 6.07. The molecule has 1 unspecified atom stereocenters. The number of aryl methyl sites for hydroxylation is 1. The van der Waals surface area contributed by atoms with Crippen LogP contribution in [0.2, 0.25) is 0 Å². The van der Waals surface area contributed by atoms with Crippen molar-refractivity contribution in [3.05, 3.63) is 23.8 Å². The van der Waals surface area contributed by atoms with Crippen molar-refractivity contribution in [2.75, 3.05) is 12.4 Å². The van der Waals surface area contributed by atoms with Crippen LogP contribution in [0.5, 0.6) is 5.75 Å².